The summed E-state index contributed by atoms with van der Waals surface area (Å²) in [5.41, 5.74) is 2.37. The fourth-order valence-electron chi connectivity index (χ4n) is 3.24. The summed E-state index contributed by atoms with van der Waals surface area (Å²) in [6.45, 7) is 1.58. The van der Waals surface area contributed by atoms with Crippen LogP contribution in [0.1, 0.15) is 16.9 Å². The molecule has 2 aromatic heterocycles. The molecule has 0 aliphatic heterocycles. The quantitative estimate of drug-likeness (QED) is 0.456. The van der Waals surface area contributed by atoms with Crippen LogP contribution in [-0.2, 0) is 19.5 Å². The number of carbonyl (C=O) groups excluding carboxylic acids is 1. The summed E-state index contributed by atoms with van der Waals surface area (Å²) in [7, 11) is 0. The van der Waals surface area contributed by atoms with Gasteiger partial charge in [-0.15, -0.1) is 11.3 Å². The first-order valence-corrected chi connectivity index (χ1v) is 10.2. The number of urea groups is 1. The highest BCUT2D eigenvalue weighted by Gasteiger charge is 2.16. The molecule has 0 bridgehead atoms. The number of nitrogens with zero attached hydrogens (tertiary/aromatic N) is 1. The van der Waals surface area contributed by atoms with Gasteiger partial charge >= 0.3 is 6.03 Å². The highest BCUT2D eigenvalue weighted by molar-refractivity contribution is 7.17. The van der Waals surface area contributed by atoms with Crippen LogP contribution in [0.3, 0.4) is 0 Å². The molecule has 0 spiro atoms. The number of amides is 2. The first-order valence-electron chi connectivity index (χ1n) is 9.34. The largest absolute Gasteiger partial charge is 0.467 e. The molecule has 0 saturated carbocycles. The summed E-state index contributed by atoms with van der Waals surface area (Å²) in [6.07, 6.45) is 2.45. The summed E-state index contributed by atoms with van der Waals surface area (Å²) in [4.78, 5) is 14.6. The molecule has 4 aromatic rings. The first kappa shape index (κ1) is 18.3. The smallest absolute Gasteiger partial charge is 0.318 e. The molecule has 0 aliphatic carbocycles. The lowest BCUT2D eigenvalue weighted by atomic mass is 10.1. The average Bonchev–Trinajstić information content (AvgIpc) is 3.38. The Labute approximate surface area is 168 Å². The zero-order valence-electron chi connectivity index (χ0n) is 15.5. The van der Waals surface area contributed by atoms with Crippen LogP contribution < -0.4 is 5.32 Å². The van der Waals surface area contributed by atoms with Crippen molar-refractivity contribution in [3.8, 4) is 0 Å². The Morgan fingerprint density at radius 3 is 2.61 bits per heavy atom. The van der Waals surface area contributed by atoms with E-state index in [9.17, 15) is 4.79 Å². The van der Waals surface area contributed by atoms with E-state index in [1.807, 2.05) is 42.5 Å². The third-order valence-corrected chi connectivity index (χ3v) is 5.67. The van der Waals surface area contributed by atoms with Crippen LogP contribution in [0.4, 0.5) is 4.79 Å². The van der Waals surface area contributed by atoms with Gasteiger partial charge in [0.05, 0.1) is 12.8 Å². The lowest BCUT2D eigenvalue weighted by molar-refractivity contribution is 0.187. The highest BCUT2D eigenvalue weighted by atomic mass is 32.1. The summed E-state index contributed by atoms with van der Waals surface area (Å²) < 4.78 is 6.73. The van der Waals surface area contributed by atoms with Crippen LogP contribution in [-0.4, -0.2) is 17.5 Å². The summed E-state index contributed by atoms with van der Waals surface area (Å²) >= 11 is 1.75. The monoisotopic (exact) mass is 390 g/mol. The number of carbonyl (C=O) groups is 1. The molecular weight excluding hydrogens is 368 g/mol. The van der Waals surface area contributed by atoms with Gasteiger partial charge in [-0.1, -0.05) is 48.5 Å². The van der Waals surface area contributed by atoms with E-state index in [0.717, 1.165) is 17.7 Å². The predicted octanol–water partition coefficient (Wildman–Crippen LogP) is 5.45. The fraction of sp³-hybridized carbons (Fsp3) is 0.174. The van der Waals surface area contributed by atoms with E-state index in [1.54, 1.807) is 22.5 Å². The number of rotatable bonds is 7. The Morgan fingerprint density at radius 1 is 0.964 bits per heavy atom. The van der Waals surface area contributed by atoms with Gasteiger partial charge in [0.2, 0.25) is 0 Å². The molecule has 4 nitrogen and oxygen atoms in total. The Bertz CT molecular complexity index is 1030. The molecule has 5 heteroatoms. The van der Waals surface area contributed by atoms with Gasteiger partial charge in [-0.2, -0.15) is 0 Å². The molecule has 142 valence electrons. The van der Waals surface area contributed by atoms with E-state index in [0.29, 0.717) is 19.6 Å². The SMILES string of the molecule is O=C(NCCc1csc2ccccc12)N(Cc1ccccc1)Cc1ccco1. The average molecular weight is 391 g/mol. The zero-order valence-corrected chi connectivity index (χ0v) is 16.3. The number of fused-ring (bicyclic) bond motifs is 1. The molecule has 2 amide bonds. The van der Waals surface area contributed by atoms with E-state index >= 15 is 0 Å². The molecule has 0 fully saturated rings. The Kier molecular flexibility index (Phi) is 5.73. The van der Waals surface area contributed by atoms with Gasteiger partial charge in [0.15, 0.2) is 0 Å². The topological polar surface area (TPSA) is 45.5 Å². The zero-order chi connectivity index (χ0) is 19.2. The molecule has 0 radical (unpaired) electrons. The molecule has 1 N–H and O–H groups in total. The fourth-order valence-corrected chi connectivity index (χ4v) is 4.23. The lowest BCUT2D eigenvalue weighted by Crippen LogP contribution is -2.39. The minimum atomic E-state index is -0.0835. The van der Waals surface area contributed by atoms with Gasteiger partial charge < -0.3 is 14.6 Å². The molecular formula is C23H22N2O2S. The van der Waals surface area contributed by atoms with Crippen molar-refractivity contribution < 1.29 is 9.21 Å². The van der Waals surface area contributed by atoms with Crippen LogP contribution >= 0.6 is 11.3 Å². The molecule has 2 aromatic carbocycles. The first-order chi connectivity index (χ1) is 13.8. The maximum Gasteiger partial charge on any atom is 0.318 e. The molecule has 4 rings (SSSR count). The van der Waals surface area contributed by atoms with Crippen LogP contribution in [0, 0.1) is 0 Å². The van der Waals surface area contributed by atoms with Gasteiger partial charge in [-0.3, -0.25) is 0 Å². The number of hydrogen-bond donors (Lipinski definition) is 1. The van der Waals surface area contributed by atoms with Gasteiger partial charge in [-0.05, 0) is 46.5 Å². The molecule has 2 heterocycles. The molecule has 0 saturated heterocycles. The normalized spacial score (nSPS) is 10.9. The second kappa shape index (κ2) is 8.76. The van der Waals surface area contributed by atoms with Crippen molar-refractivity contribution in [3.05, 3.63) is 95.3 Å². The lowest BCUT2D eigenvalue weighted by Gasteiger charge is -2.22. The maximum absolute atomic E-state index is 12.8. The summed E-state index contributed by atoms with van der Waals surface area (Å²) in [5.74, 6) is 0.773. The predicted molar refractivity (Wildman–Crippen MR) is 113 cm³/mol. The van der Waals surface area contributed by atoms with E-state index in [2.05, 4.69) is 35.0 Å². The summed E-state index contributed by atoms with van der Waals surface area (Å²) in [5, 5.41) is 6.53. The molecule has 0 unspecified atom stereocenters. The number of benzene rings is 2. The van der Waals surface area contributed by atoms with E-state index < -0.39 is 0 Å². The standard InChI is InChI=1S/C23H22N2O2S/c26-23(24-13-12-19-17-28-22-11-5-4-10-21(19)22)25(16-20-9-6-14-27-20)15-18-7-2-1-3-8-18/h1-11,14,17H,12-13,15-16H2,(H,24,26). The second-order valence-electron chi connectivity index (χ2n) is 6.66. The Morgan fingerprint density at radius 2 is 1.79 bits per heavy atom. The van der Waals surface area contributed by atoms with Crippen molar-refractivity contribution in [2.75, 3.05) is 6.54 Å². The molecule has 0 atom stereocenters. The van der Waals surface area contributed by atoms with Crippen LogP contribution in [0.2, 0.25) is 0 Å². The Hall–Kier alpha value is -3.05. The third-order valence-electron chi connectivity index (χ3n) is 4.66. The van der Waals surface area contributed by atoms with Crippen molar-refractivity contribution in [2.24, 2.45) is 0 Å². The van der Waals surface area contributed by atoms with Crippen molar-refractivity contribution >= 4 is 27.5 Å². The number of thiophene rings is 1. The van der Waals surface area contributed by atoms with Crippen molar-refractivity contribution in [1.82, 2.24) is 10.2 Å². The van der Waals surface area contributed by atoms with Crippen molar-refractivity contribution in [1.29, 1.82) is 0 Å². The van der Waals surface area contributed by atoms with Gasteiger partial charge in [-0.25, -0.2) is 4.79 Å². The maximum atomic E-state index is 12.8. The number of furan rings is 1. The third kappa shape index (κ3) is 4.43. The molecule has 28 heavy (non-hydrogen) atoms. The van der Waals surface area contributed by atoms with E-state index in [1.165, 1.54) is 15.6 Å². The van der Waals surface area contributed by atoms with Crippen LogP contribution in [0.25, 0.3) is 10.1 Å². The van der Waals surface area contributed by atoms with E-state index in [4.69, 9.17) is 4.42 Å². The highest BCUT2D eigenvalue weighted by Crippen LogP contribution is 2.25. The second-order valence-corrected chi connectivity index (χ2v) is 7.57. The number of hydrogen-bond acceptors (Lipinski definition) is 3. The molecule has 0 aliphatic rings. The van der Waals surface area contributed by atoms with E-state index in [-0.39, 0.29) is 6.03 Å². The van der Waals surface area contributed by atoms with Crippen LogP contribution in [0.5, 0.6) is 0 Å². The van der Waals surface area contributed by atoms with Gasteiger partial charge in [0, 0.05) is 17.8 Å². The minimum absolute atomic E-state index is 0.0835. The van der Waals surface area contributed by atoms with Gasteiger partial charge in [0.25, 0.3) is 0 Å². The minimum Gasteiger partial charge on any atom is -0.467 e. The van der Waals surface area contributed by atoms with Gasteiger partial charge in [0.1, 0.15) is 5.76 Å². The van der Waals surface area contributed by atoms with Crippen molar-refractivity contribution in [3.63, 3.8) is 0 Å². The Balaban J connectivity index is 1.40. The summed E-state index contributed by atoms with van der Waals surface area (Å²) in [6, 6.07) is 22.0. The van der Waals surface area contributed by atoms with Crippen LogP contribution in [0.15, 0.2) is 82.8 Å². The number of nitrogens with one attached hydrogen (secondary N) is 1. The van der Waals surface area contributed by atoms with Crippen molar-refractivity contribution in [2.45, 2.75) is 19.5 Å².